The molecule has 0 spiro atoms. The van der Waals surface area contributed by atoms with Crippen molar-refractivity contribution in [2.45, 2.75) is 45.0 Å². The van der Waals surface area contributed by atoms with E-state index in [9.17, 15) is 26.3 Å². The van der Waals surface area contributed by atoms with Crippen molar-refractivity contribution < 1.29 is 50.0 Å². The lowest BCUT2D eigenvalue weighted by atomic mass is 10.1. The molecule has 0 fully saturated rings. The molecule has 0 amide bonds. The third kappa shape index (κ3) is 14.5. The van der Waals surface area contributed by atoms with E-state index in [0.29, 0.717) is 63.1 Å². The van der Waals surface area contributed by atoms with Crippen LogP contribution in [0.3, 0.4) is 0 Å². The summed E-state index contributed by atoms with van der Waals surface area (Å²) < 4.78 is 115. The van der Waals surface area contributed by atoms with Crippen molar-refractivity contribution in [2.24, 2.45) is 0 Å². The van der Waals surface area contributed by atoms with Crippen LogP contribution in [0.2, 0.25) is 10.0 Å². The van der Waals surface area contributed by atoms with Crippen molar-refractivity contribution in [1.29, 1.82) is 0 Å². The molecule has 11 rings (SSSR count). The van der Waals surface area contributed by atoms with Crippen LogP contribution in [0.4, 0.5) is 26.3 Å². The molecule has 0 saturated carbocycles. The summed E-state index contributed by atoms with van der Waals surface area (Å²) in [4.78, 5) is 8.78. The van der Waals surface area contributed by atoms with E-state index < -0.39 is 23.7 Å². The number of pyridine rings is 2. The van der Waals surface area contributed by atoms with Gasteiger partial charge in [-0.25, -0.2) is 14.6 Å². The minimum atomic E-state index is -4.75. The number of rotatable bonds is 19. The lowest BCUT2D eigenvalue weighted by molar-refractivity contribution is -0.141. The number of aromatic nitrogens is 12. The lowest BCUT2D eigenvalue weighted by Crippen LogP contribution is -2.11. The molecule has 25 heteroatoms. The molecule has 0 atom stereocenters. The highest BCUT2D eigenvalue weighted by Gasteiger charge is 2.40. The van der Waals surface area contributed by atoms with Gasteiger partial charge in [0, 0.05) is 58.5 Å². The third-order valence-corrected chi connectivity index (χ3v) is 13.4. The van der Waals surface area contributed by atoms with E-state index in [0.717, 1.165) is 28.0 Å². The molecule has 0 bridgehead atoms. The summed E-state index contributed by atoms with van der Waals surface area (Å²) in [6, 6.07) is 45.9. The zero-order valence-electron chi connectivity index (χ0n) is 45.2. The number of hydrogen-bond donors (Lipinski definition) is 1. The topological polar surface area (TPSA) is 180 Å². The number of methoxy groups -OCH3 is 3. The molecular formula is C60H48Cl2F6N12O5. The predicted octanol–water partition coefficient (Wildman–Crippen LogP) is 13.3. The number of nitrogens with one attached hydrogen (secondary N) is 1. The second-order valence-corrected chi connectivity index (χ2v) is 19.6. The van der Waals surface area contributed by atoms with Gasteiger partial charge in [-0.05, 0) is 113 Å². The van der Waals surface area contributed by atoms with E-state index >= 15 is 0 Å². The third-order valence-electron chi connectivity index (χ3n) is 12.9. The van der Waals surface area contributed by atoms with Crippen molar-refractivity contribution in [2.75, 3.05) is 21.3 Å². The standard InChI is InChI=1S/C34H28ClF3N6O3.C26H20ClF3N6O2/c1-45-28-11-5-23(6-12-28)20-43-32(33(40-42-43)34(36,37)38)25-15-16-39-30(18-25)44-31(47-21-24-7-13-29(46-2)14-8-24)19-27(41-44)17-22-3-9-26(35)10-4-22;1-37-21-8-4-17(5-9-21)15-38-23-14-20(12-16-2-6-19(27)7-3-16)34-36(23)22-13-18(10-11-31-22)24-25(26(28,29)30)33-35-32-24/h3-16,18-19H,17,20-21H2,1-2H3;2-11,13-14H,12,15H2,1H3,(H,32,33,35). The first-order valence-corrected chi connectivity index (χ1v) is 26.5. The number of ether oxygens (including phenoxy) is 5. The fourth-order valence-corrected chi connectivity index (χ4v) is 8.96. The summed E-state index contributed by atoms with van der Waals surface area (Å²) in [6.45, 7) is 0.465. The molecule has 11 aromatic rings. The maximum absolute atomic E-state index is 14.2. The zero-order valence-corrected chi connectivity index (χ0v) is 46.7. The monoisotopic (exact) mass is 1200 g/mol. The maximum atomic E-state index is 14.2. The van der Waals surface area contributed by atoms with Crippen molar-refractivity contribution in [3.8, 4) is 63.2 Å². The van der Waals surface area contributed by atoms with Gasteiger partial charge in [0.05, 0.1) is 39.3 Å². The molecule has 0 saturated heterocycles. The van der Waals surface area contributed by atoms with Crippen LogP contribution in [0.1, 0.15) is 50.6 Å². The van der Waals surface area contributed by atoms with E-state index in [4.69, 9.17) is 52.0 Å². The van der Waals surface area contributed by atoms with Gasteiger partial charge in [-0.1, -0.05) is 89.1 Å². The van der Waals surface area contributed by atoms with Gasteiger partial charge in [-0.2, -0.15) is 61.3 Å². The Bertz CT molecular complexity index is 4010. The molecule has 0 aliphatic rings. The number of H-pyrrole nitrogens is 1. The molecule has 0 radical (unpaired) electrons. The second kappa shape index (κ2) is 25.8. The highest BCUT2D eigenvalue weighted by Crippen LogP contribution is 2.38. The van der Waals surface area contributed by atoms with Gasteiger partial charge in [-0.15, -0.1) is 5.10 Å². The van der Waals surface area contributed by atoms with Gasteiger partial charge < -0.3 is 23.7 Å². The predicted molar refractivity (Wildman–Crippen MR) is 302 cm³/mol. The number of nitrogens with zero attached hydrogens (tertiary/aromatic N) is 11. The number of hydrogen-bond acceptors (Lipinski definition) is 13. The van der Waals surface area contributed by atoms with Crippen LogP contribution >= 0.6 is 23.2 Å². The molecule has 0 unspecified atom stereocenters. The van der Waals surface area contributed by atoms with Gasteiger partial charge in [-0.3, -0.25) is 0 Å². The number of benzene rings is 5. The van der Waals surface area contributed by atoms with Crippen molar-refractivity contribution in [3.05, 3.63) is 231 Å². The van der Waals surface area contributed by atoms with Crippen LogP contribution in [0.15, 0.2) is 170 Å². The average molecular weight is 1200 g/mol. The molecule has 1 N–H and O–H groups in total. The molecular weight excluding hydrogens is 1150 g/mol. The van der Waals surface area contributed by atoms with Crippen LogP contribution in [-0.4, -0.2) is 81.3 Å². The van der Waals surface area contributed by atoms with Crippen molar-refractivity contribution >= 4 is 23.2 Å². The summed E-state index contributed by atoms with van der Waals surface area (Å²) in [7, 11) is 4.72. The Hall–Kier alpha value is -9.74. The number of alkyl halides is 6. The molecule has 6 heterocycles. The summed E-state index contributed by atoms with van der Waals surface area (Å²) in [5, 5.41) is 27.0. The van der Waals surface area contributed by atoms with Gasteiger partial charge in [0.15, 0.2) is 23.0 Å². The minimum Gasteiger partial charge on any atom is -0.497 e. The fraction of sp³-hybridized carbons (Fsp3) is 0.167. The Kier molecular flexibility index (Phi) is 17.8. The molecule has 0 aliphatic heterocycles. The van der Waals surface area contributed by atoms with Crippen LogP contribution in [0.5, 0.6) is 29.0 Å². The highest BCUT2D eigenvalue weighted by molar-refractivity contribution is 6.30. The van der Waals surface area contributed by atoms with Gasteiger partial charge in [0.25, 0.3) is 0 Å². The number of aromatic amines is 1. The molecule has 17 nitrogen and oxygen atoms in total. The van der Waals surface area contributed by atoms with E-state index in [1.54, 1.807) is 74.9 Å². The van der Waals surface area contributed by atoms with Crippen LogP contribution in [-0.2, 0) is 45.0 Å². The Morgan fingerprint density at radius 3 is 1.35 bits per heavy atom. The Labute approximate surface area is 491 Å². The van der Waals surface area contributed by atoms with E-state index in [1.165, 1.54) is 57.8 Å². The summed E-state index contributed by atoms with van der Waals surface area (Å²) in [5.41, 5.74) is 3.36. The van der Waals surface area contributed by atoms with Crippen LogP contribution in [0, 0.1) is 0 Å². The first kappa shape index (κ1) is 58.5. The largest absolute Gasteiger partial charge is 0.497 e. The summed E-state index contributed by atoms with van der Waals surface area (Å²) in [6.07, 6.45) is -5.68. The van der Waals surface area contributed by atoms with Gasteiger partial charge in [0.1, 0.15) is 41.9 Å². The Morgan fingerprint density at radius 1 is 0.482 bits per heavy atom. The maximum Gasteiger partial charge on any atom is 0.437 e. The van der Waals surface area contributed by atoms with Crippen molar-refractivity contribution in [3.63, 3.8) is 0 Å². The molecule has 434 valence electrons. The molecule has 6 aromatic heterocycles. The molecule has 0 aliphatic carbocycles. The second-order valence-electron chi connectivity index (χ2n) is 18.8. The fourth-order valence-electron chi connectivity index (χ4n) is 8.71. The highest BCUT2D eigenvalue weighted by atomic mass is 35.5. The summed E-state index contributed by atoms with van der Waals surface area (Å²) >= 11 is 12.1. The van der Waals surface area contributed by atoms with Crippen molar-refractivity contribution in [1.82, 2.24) is 59.9 Å². The van der Waals surface area contributed by atoms with Gasteiger partial charge >= 0.3 is 12.4 Å². The zero-order chi connectivity index (χ0) is 59.7. The Morgan fingerprint density at radius 2 is 0.906 bits per heavy atom. The first-order chi connectivity index (χ1) is 41.0. The molecule has 5 aromatic carbocycles. The normalized spacial score (nSPS) is 11.5. The number of halogens is 8. The quantitative estimate of drug-likeness (QED) is 0.0757. The minimum absolute atomic E-state index is 0.0449. The van der Waals surface area contributed by atoms with E-state index in [1.807, 2.05) is 72.8 Å². The SMILES string of the molecule is COc1ccc(COc2cc(Cc3ccc(Cl)cc3)nn2-c2cc(-c3c(C(F)(F)F)nnn3Cc3ccc(OC)cc3)ccn2)cc1.COc1ccc(COc2cc(Cc3ccc(Cl)cc3)nn2-c2cc(-c3n[nH]nc3C(F)(F)F)ccn2)cc1. The summed E-state index contributed by atoms with van der Waals surface area (Å²) in [5.74, 6) is 3.29. The first-order valence-electron chi connectivity index (χ1n) is 25.7. The van der Waals surface area contributed by atoms with Crippen LogP contribution in [0.25, 0.3) is 34.2 Å². The van der Waals surface area contributed by atoms with Gasteiger partial charge in [0.2, 0.25) is 11.8 Å². The lowest BCUT2D eigenvalue weighted by Gasteiger charge is -2.13. The smallest absolute Gasteiger partial charge is 0.437 e. The van der Waals surface area contributed by atoms with E-state index in [2.05, 4.69) is 40.8 Å². The Balaban J connectivity index is 0.000000193. The van der Waals surface area contributed by atoms with Crippen LogP contribution < -0.4 is 23.7 Å². The van der Waals surface area contributed by atoms with E-state index in [-0.39, 0.29) is 53.9 Å². The average Bonchev–Trinajstić information content (AvgIpc) is 2.90. The molecule has 85 heavy (non-hydrogen) atoms.